The lowest BCUT2D eigenvalue weighted by molar-refractivity contribution is -0.141. The number of ether oxygens (including phenoxy) is 1. The van der Waals surface area contributed by atoms with E-state index in [9.17, 15) is 24.9 Å². The molecule has 6 aromatic rings. The standard InChI is InChI=1S/C63H76N12O7S/c1-38(2)58(62(79)74-36-48(76)30-53(74)61(78)67-39(3)43-9-11-44(12-10-43)59-40(4)66-37-83-59)55-32-56(70-82-55)72-23-17-41(18-24-72)33-71-25-20-63(80,21-26-71)19-15-42-27-49(28-42)81-57-29-45(16-22-65-57)75-46-13-14-47(75)35-73(34-46)52-31-51(68-69-60(52)64)50-7-5-6-8-54(50)77/h5-12,16,22,29,31-32,37-39,41-42,46-49,53,58,76-77,80H,13-14,17-18,20-21,23-28,30,33-36H2,1-4H3,(H2,64,69)(H,67,78)/t39-,42?,46?,47?,48+,49?,53-,58+/m0/s1. The highest BCUT2D eigenvalue weighted by atomic mass is 32.1. The summed E-state index contributed by atoms with van der Waals surface area (Å²) < 4.78 is 12.4. The normalized spacial score (nSPS) is 24.3. The van der Waals surface area contributed by atoms with Crippen LogP contribution in [0.3, 0.4) is 0 Å². The number of nitrogen functional groups attached to an aromatic ring is 1. The fourth-order valence-electron chi connectivity index (χ4n) is 13.4. The number of thiazole rings is 1. The minimum Gasteiger partial charge on any atom is -0.507 e. The van der Waals surface area contributed by atoms with E-state index in [1.165, 1.54) is 4.90 Å². The van der Waals surface area contributed by atoms with Crippen LogP contribution in [-0.4, -0.2) is 151 Å². The molecule has 83 heavy (non-hydrogen) atoms. The van der Waals surface area contributed by atoms with E-state index in [-0.39, 0.29) is 66.6 Å². The Kier molecular flexibility index (Phi) is 16.1. The van der Waals surface area contributed by atoms with E-state index >= 15 is 0 Å². The number of aliphatic hydroxyl groups is 2. The number of fused-ring (bicyclic) bond motifs is 2. The maximum absolute atomic E-state index is 14.4. The zero-order chi connectivity index (χ0) is 57.5. The molecule has 436 valence electrons. The fraction of sp³-hybridized carbons (Fsp3) is 0.508. The summed E-state index contributed by atoms with van der Waals surface area (Å²) in [6, 6.07) is 22.6. The zero-order valence-electron chi connectivity index (χ0n) is 47.8. The number of aryl methyl sites for hydroxylation is 1. The number of anilines is 4. The highest BCUT2D eigenvalue weighted by Gasteiger charge is 2.45. The molecule has 6 aliphatic rings. The number of phenolic OH excluding ortho intramolecular Hbond substituents is 1. The Morgan fingerprint density at radius 3 is 2.36 bits per heavy atom. The average Bonchev–Trinajstić information content (AvgIpc) is 4.40. The molecule has 4 aromatic heterocycles. The molecule has 0 radical (unpaired) electrons. The number of amides is 2. The van der Waals surface area contributed by atoms with Crippen LogP contribution in [0.1, 0.15) is 108 Å². The number of carbonyl (C=O) groups excluding carboxylic acids is 2. The van der Waals surface area contributed by atoms with Gasteiger partial charge in [-0.15, -0.1) is 21.5 Å². The van der Waals surface area contributed by atoms with Crippen molar-refractivity contribution in [2.24, 2.45) is 17.8 Å². The van der Waals surface area contributed by atoms with Gasteiger partial charge in [0.05, 0.1) is 39.6 Å². The third-order valence-electron chi connectivity index (χ3n) is 18.2. The first-order chi connectivity index (χ1) is 40.1. The van der Waals surface area contributed by atoms with Crippen LogP contribution in [0.15, 0.2) is 89.0 Å². The van der Waals surface area contributed by atoms with Gasteiger partial charge in [0, 0.05) is 119 Å². The smallest absolute Gasteiger partial charge is 0.243 e. The number of nitrogens with one attached hydrogen (secondary N) is 1. The second kappa shape index (κ2) is 23.7. The van der Waals surface area contributed by atoms with Crippen molar-refractivity contribution >= 4 is 46.2 Å². The predicted molar refractivity (Wildman–Crippen MR) is 319 cm³/mol. The minimum atomic E-state index is -0.992. The maximum Gasteiger partial charge on any atom is 0.243 e. The number of phenols is 1. The van der Waals surface area contributed by atoms with Gasteiger partial charge in [-0.2, -0.15) is 0 Å². The fourth-order valence-corrected chi connectivity index (χ4v) is 14.2. The predicted octanol–water partition coefficient (Wildman–Crippen LogP) is 7.59. The summed E-state index contributed by atoms with van der Waals surface area (Å²) >= 11 is 1.60. The lowest BCUT2D eigenvalue weighted by atomic mass is 9.81. The highest BCUT2D eigenvalue weighted by molar-refractivity contribution is 7.13. The maximum atomic E-state index is 14.4. The van der Waals surface area contributed by atoms with E-state index in [0.29, 0.717) is 53.3 Å². The number of hydrogen-bond donors (Lipinski definition) is 5. The second-order valence-corrected chi connectivity index (χ2v) is 25.2. The quantitative estimate of drug-likeness (QED) is 0.0623. The van der Waals surface area contributed by atoms with Crippen molar-refractivity contribution < 1.29 is 34.2 Å². The van der Waals surface area contributed by atoms with Crippen LogP contribution >= 0.6 is 11.3 Å². The number of para-hydroxylation sites is 1. The van der Waals surface area contributed by atoms with Gasteiger partial charge in [0.15, 0.2) is 17.4 Å². The average molecular weight is 1150 g/mol. The molecule has 5 saturated heterocycles. The van der Waals surface area contributed by atoms with Crippen LogP contribution in [0.4, 0.5) is 23.0 Å². The van der Waals surface area contributed by atoms with Crippen molar-refractivity contribution in [3.63, 3.8) is 0 Å². The summed E-state index contributed by atoms with van der Waals surface area (Å²) in [4.78, 5) is 49.4. The topological polar surface area (TPSA) is 236 Å². The number of carbonyl (C=O) groups is 2. The number of pyridine rings is 1. The molecule has 6 fully saturated rings. The number of aromatic nitrogens is 5. The molecule has 19 nitrogen and oxygen atoms in total. The Morgan fingerprint density at radius 1 is 0.904 bits per heavy atom. The summed E-state index contributed by atoms with van der Waals surface area (Å²) in [7, 11) is 0. The van der Waals surface area contributed by atoms with Crippen molar-refractivity contribution in [2.45, 2.75) is 133 Å². The summed E-state index contributed by atoms with van der Waals surface area (Å²) in [5, 5.41) is 49.0. The SMILES string of the molecule is Cc1ncsc1-c1ccc([C@H](C)NC(=O)[C@@H]2C[C@@H](O)CN2C(=O)[C@@H](c2cc(N3CCC(CN4CCC(O)(C#CC5CC(Oc6cc(N7C8CCC7CN(c7cc(-c9ccccc9O)nnc7N)C8)ccn6)C5)CC4)CC3)no2)C(C)C)cc1. The first kappa shape index (κ1) is 56.2. The van der Waals surface area contributed by atoms with Crippen molar-refractivity contribution in [1.82, 2.24) is 40.4 Å². The zero-order valence-corrected chi connectivity index (χ0v) is 48.6. The van der Waals surface area contributed by atoms with Gasteiger partial charge < -0.3 is 60.1 Å². The van der Waals surface area contributed by atoms with E-state index < -0.39 is 23.7 Å². The van der Waals surface area contributed by atoms with E-state index in [1.54, 1.807) is 23.5 Å². The number of aliphatic hydroxyl groups excluding tert-OH is 1. The Labute approximate surface area is 489 Å². The Balaban J connectivity index is 0.574. The van der Waals surface area contributed by atoms with Crippen molar-refractivity contribution in [1.29, 1.82) is 0 Å². The molecular formula is C63H76N12O7S. The number of hydrogen-bond acceptors (Lipinski definition) is 18. The monoisotopic (exact) mass is 1140 g/mol. The third-order valence-corrected chi connectivity index (χ3v) is 19.2. The van der Waals surface area contributed by atoms with E-state index in [4.69, 9.17) is 15.0 Å². The van der Waals surface area contributed by atoms with Gasteiger partial charge in [0.1, 0.15) is 29.4 Å². The molecule has 0 spiro atoms. The number of benzene rings is 2. The van der Waals surface area contributed by atoms with Gasteiger partial charge >= 0.3 is 0 Å². The van der Waals surface area contributed by atoms with Gasteiger partial charge in [-0.3, -0.25) is 9.59 Å². The van der Waals surface area contributed by atoms with E-state index in [1.807, 2.05) is 87.9 Å². The Morgan fingerprint density at radius 2 is 1.65 bits per heavy atom. The molecule has 2 bridgehead atoms. The number of piperidine rings is 2. The third kappa shape index (κ3) is 12.1. The van der Waals surface area contributed by atoms with Crippen LogP contribution < -0.4 is 30.5 Å². The largest absolute Gasteiger partial charge is 0.507 e. The van der Waals surface area contributed by atoms with Crippen LogP contribution in [0.2, 0.25) is 0 Å². The van der Waals surface area contributed by atoms with Gasteiger partial charge in [-0.05, 0) is 99.6 Å². The van der Waals surface area contributed by atoms with Gasteiger partial charge in [0.2, 0.25) is 17.7 Å². The molecule has 5 aliphatic heterocycles. The number of nitrogens with zero attached hydrogens (tertiary/aromatic N) is 10. The Bertz CT molecular complexity index is 3330. The number of piperazine rings is 1. The molecule has 6 atom stereocenters. The van der Waals surface area contributed by atoms with Crippen LogP contribution in [0.25, 0.3) is 21.7 Å². The summed E-state index contributed by atoms with van der Waals surface area (Å²) in [6.07, 6.45) is 8.14. The molecule has 2 aromatic carbocycles. The van der Waals surface area contributed by atoms with E-state index in [2.05, 4.69) is 74.2 Å². The molecular weight excluding hydrogens is 1070 g/mol. The molecule has 2 amide bonds. The summed E-state index contributed by atoms with van der Waals surface area (Å²) in [5.74, 6) is 8.34. The molecule has 20 heteroatoms. The molecule has 9 heterocycles. The highest BCUT2D eigenvalue weighted by Crippen LogP contribution is 2.41. The molecule has 6 N–H and O–H groups in total. The first-order valence-electron chi connectivity index (χ1n) is 29.7. The van der Waals surface area contributed by atoms with Gasteiger partial charge in [0.25, 0.3) is 0 Å². The summed E-state index contributed by atoms with van der Waals surface area (Å²) in [5.41, 5.74) is 13.4. The molecule has 12 rings (SSSR count). The number of aromatic hydroxyl groups is 1. The number of rotatable bonds is 15. The number of nitrogens with two attached hydrogens (primary N) is 1. The number of likely N-dealkylation sites (tertiary alicyclic amines) is 2. The lowest BCUT2D eigenvalue weighted by Crippen LogP contribution is -2.54. The van der Waals surface area contributed by atoms with Crippen molar-refractivity contribution in [2.75, 3.05) is 72.8 Å². The van der Waals surface area contributed by atoms with Crippen LogP contribution in [0, 0.1) is 36.5 Å². The minimum absolute atomic E-state index is 0.0247. The first-order valence-corrected chi connectivity index (χ1v) is 30.6. The number of β-amino-alcohol motifs (C(OH)–C–C–N with tert-alkyl or cyclic N) is 1. The van der Waals surface area contributed by atoms with Crippen molar-refractivity contribution in [3.8, 4) is 45.2 Å². The molecule has 2 unspecified atom stereocenters. The van der Waals surface area contributed by atoms with Crippen molar-refractivity contribution in [3.05, 3.63) is 102 Å². The second-order valence-electron chi connectivity index (χ2n) is 24.3. The van der Waals surface area contributed by atoms with Crippen LogP contribution in [-0.2, 0) is 9.59 Å². The molecule has 1 saturated carbocycles. The summed E-state index contributed by atoms with van der Waals surface area (Å²) in [6.45, 7) is 13.7. The Hall–Kier alpha value is -7.31. The van der Waals surface area contributed by atoms with Gasteiger partial charge in [-0.1, -0.05) is 67.2 Å². The van der Waals surface area contributed by atoms with Crippen LogP contribution in [0.5, 0.6) is 11.6 Å². The lowest BCUT2D eigenvalue weighted by Gasteiger charge is -2.43. The molecule has 1 aliphatic carbocycles. The van der Waals surface area contributed by atoms with E-state index in [0.717, 1.165) is 117 Å². The van der Waals surface area contributed by atoms with Gasteiger partial charge in [-0.25, -0.2) is 9.97 Å².